The first kappa shape index (κ1) is 7.95. The number of nitrogens with one attached hydrogen (secondary N) is 1. The summed E-state index contributed by atoms with van der Waals surface area (Å²) in [6.07, 6.45) is 2.12. The van der Waals surface area contributed by atoms with E-state index in [-0.39, 0.29) is 11.8 Å². The Bertz CT molecular complexity index is 262. The van der Waals surface area contributed by atoms with Crippen LogP contribution in [0.25, 0.3) is 0 Å². The van der Waals surface area contributed by atoms with Gasteiger partial charge in [-0.25, -0.2) is 0 Å². The number of hydrogen-bond donors (Lipinski definition) is 1. The van der Waals surface area contributed by atoms with E-state index in [1.807, 2.05) is 17.5 Å². The monoisotopic (exact) mass is 181 g/mol. The summed E-state index contributed by atoms with van der Waals surface area (Å²) in [7, 11) is 0. The molecule has 1 N–H and O–H groups in total. The predicted molar refractivity (Wildman–Crippen MR) is 49.7 cm³/mol. The molecule has 1 saturated heterocycles. The number of carbonyl (C=O) groups is 1. The van der Waals surface area contributed by atoms with Gasteiger partial charge in [0.05, 0.1) is 10.9 Å². The molecule has 1 aromatic heterocycles. The van der Waals surface area contributed by atoms with E-state index in [9.17, 15) is 4.79 Å². The number of ketones is 1. The molecule has 2 nitrogen and oxygen atoms in total. The topological polar surface area (TPSA) is 29.1 Å². The van der Waals surface area contributed by atoms with Crippen LogP contribution < -0.4 is 5.32 Å². The first-order chi connectivity index (χ1) is 5.88. The zero-order valence-electron chi connectivity index (χ0n) is 6.75. The van der Waals surface area contributed by atoms with E-state index in [4.69, 9.17) is 0 Å². The van der Waals surface area contributed by atoms with Gasteiger partial charge in [-0.2, -0.15) is 0 Å². The average Bonchev–Trinajstić information content (AvgIpc) is 2.77. The van der Waals surface area contributed by atoms with E-state index in [1.54, 1.807) is 0 Å². The Labute approximate surface area is 75.6 Å². The fourth-order valence-electron chi connectivity index (χ4n) is 1.50. The maximum absolute atomic E-state index is 11.7. The van der Waals surface area contributed by atoms with Crippen LogP contribution in [0.3, 0.4) is 0 Å². The molecule has 0 aliphatic carbocycles. The van der Waals surface area contributed by atoms with Gasteiger partial charge in [0.1, 0.15) is 0 Å². The zero-order valence-corrected chi connectivity index (χ0v) is 7.56. The standard InChI is InChI=1S/C9H11NOS/c11-9(7-3-1-5-10-7)8-4-2-6-12-8/h2,4,6-7,10H,1,3,5H2/t7-/m0/s1. The van der Waals surface area contributed by atoms with Gasteiger partial charge in [0.25, 0.3) is 0 Å². The number of thiophene rings is 1. The van der Waals surface area contributed by atoms with Crippen molar-refractivity contribution in [2.75, 3.05) is 6.54 Å². The third-order valence-corrected chi connectivity index (χ3v) is 3.03. The van der Waals surface area contributed by atoms with E-state index < -0.39 is 0 Å². The summed E-state index contributed by atoms with van der Waals surface area (Å²) in [5.41, 5.74) is 0. The quantitative estimate of drug-likeness (QED) is 0.703. The van der Waals surface area contributed by atoms with Crippen molar-refractivity contribution < 1.29 is 4.79 Å². The number of carbonyl (C=O) groups excluding carboxylic acids is 1. The predicted octanol–water partition coefficient (Wildman–Crippen LogP) is 1.68. The van der Waals surface area contributed by atoms with Gasteiger partial charge >= 0.3 is 0 Å². The first-order valence-corrected chi connectivity index (χ1v) is 5.07. The van der Waals surface area contributed by atoms with Crippen LogP contribution in [0.15, 0.2) is 17.5 Å². The van der Waals surface area contributed by atoms with Crippen molar-refractivity contribution in [3.05, 3.63) is 22.4 Å². The maximum Gasteiger partial charge on any atom is 0.189 e. The maximum atomic E-state index is 11.7. The van der Waals surface area contributed by atoms with Gasteiger partial charge in [-0.3, -0.25) is 4.79 Å². The highest BCUT2D eigenvalue weighted by Gasteiger charge is 2.23. The third-order valence-electron chi connectivity index (χ3n) is 2.14. The van der Waals surface area contributed by atoms with Crippen molar-refractivity contribution in [1.29, 1.82) is 0 Å². The molecule has 0 amide bonds. The van der Waals surface area contributed by atoms with E-state index in [0.29, 0.717) is 0 Å². The van der Waals surface area contributed by atoms with Gasteiger partial charge in [-0.15, -0.1) is 11.3 Å². The zero-order chi connectivity index (χ0) is 8.39. The molecule has 1 atom stereocenters. The lowest BCUT2D eigenvalue weighted by atomic mass is 10.1. The minimum absolute atomic E-state index is 0.0867. The third kappa shape index (κ3) is 1.42. The fraction of sp³-hybridized carbons (Fsp3) is 0.444. The van der Waals surface area contributed by atoms with Crippen molar-refractivity contribution in [1.82, 2.24) is 5.32 Å². The highest BCUT2D eigenvalue weighted by Crippen LogP contribution is 2.16. The van der Waals surface area contributed by atoms with Gasteiger partial charge < -0.3 is 5.32 Å². The molecule has 1 aromatic rings. The van der Waals surface area contributed by atoms with Crippen molar-refractivity contribution in [3.8, 4) is 0 Å². The van der Waals surface area contributed by atoms with Crippen LogP contribution in [0.5, 0.6) is 0 Å². The smallest absolute Gasteiger partial charge is 0.189 e. The van der Waals surface area contributed by atoms with Crippen molar-refractivity contribution in [2.45, 2.75) is 18.9 Å². The number of Topliss-reactive ketones (excluding diaryl/α,β-unsaturated/α-hetero) is 1. The second kappa shape index (κ2) is 3.37. The Morgan fingerprint density at radius 3 is 3.17 bits per heavy atom. The van der Waals surface area contributed by atoms with Crippen LogP contribution in [0.2, 0.25) is 0 Å². The molecule has 0 aromatic carbocycles. The molecule has 0 radical (unpaired) electrons. The normalized spacial score (nSPS) is 22.8. The Morgan fingerprint density at radius 2 is 2.58 bits per heavy atom. The van der Waals surface area contributed by atoms with E-state index in [0.717, 1.165) is 24.3 Å². The summed E-state index contributed by atoms with van der Waals surface area (Å²) in [6.45, 7) is 0.988. The lowest BCUT2D eigenvalue weighted by molar-refractivity contribution is 0.0956. The molecule has 1 aliphatic heterocycles. The Morgan fingerprint density at radius 1 is 1.67 bits per heavy atom. The van der Waals surface area contributed by atoms with Crippen LogP contribution in [-0.4, -0.2) is 18.4 Å². The molecule has 0 saturated carbocycles. The second-order valence-electron chi connectivity index (χ2n) is 2.99. The van der Waals surface area contributed by atoms with Crippen LogP contribution in [-0.2, 0) is 0 Å². The van der Waals surface area contributed by atoms with E-state index in [2.05, 4.69) is 5.32 Å². The summed E-state index contributed by atoms with van der Waals surface area (Å²) in [5, 5.41) is 5.15. The van der Waals surface area contributed by atoms with E-state index in [1.165, 1.54) is 11.3 Å². The first-order valence-electron chi connectivity index (χ1n) is 4.19. The molecule has 0 bridgehead atoms. The summed E-state index contributed by atoms with van der Waals surface area (Å²) in [5.74, 6) is 0.266. The average molecular weight is 181 g/mol. The molecule has 2 rings (SSSR count). The Balaban J connectivity index is 2.09. The van der Waals surface area contributed by atoms with Gasteiger partial charge in [0, 0.05) is 0 Å². The van der Waals surface area contributed by atoms with Crippen molar-refractivity contribution in [3.63, 3.8) is 0 Å². The summed E-state index contributed by atoms with van der Waals surface area (Å²) >= 11 is 1.53. The highest BCUT2D eigenvalue weighted by atomic mass is 32.1. The molecule has 1 aliphatic rings. The summed E-state index contributed by atoms with van der Waals surface area (Å²) < 4.78 is 0. The minimum Gasteiger partial charge on any atom is -0.307 e. The largest absolute Gasteiger partial charge is 0.307 e. The second-order valence-corrected chi connectivity index (χ2v) is 3.94. The molecule has 64 valence electrons. The van der Waals surface area contributed by atoms with Crippen LogP contribution >= 0.6 is 11.3 Å². The van der Waals surface area contributed by atoms with Gasteiger partial charge in [-0.05, 0) is 30.8 Å². The molecule has 0 spiro atoms. The highest BCUT2D eigenvalue weighted by molar-refractivity contribution is 7.12. The Kier molecular flexibility index (Phi) is 2.23. The molecule has 2 heterocycles. The number of hydrogen-bond acceptors (Lipinski definition) is 3. The van der Waals surface area contributed by atoms with Gasteiger partial charge in [0.15, 0.2) is 5.78 Å². The summed E-state index contributed by atoms with van der Waals surface area (Å²) in [4.78, 5) is 12.5. The van der Waals surface area contributed by atoms with Crippen LogP contribution in [0.4, 0.5) is 0 Å². The van der Waals surface area contributed by atoms with Crippen LogP contribution in [0.1, 0.15) is 22.5 Å². The Hall–Kier alpha value is -0.670. The lowest BCUT2D eigenvalue weighted by Crippen LogP contribution is -2.30. The molecule has 12 heavy (non-hydrogen) atoms. The molecule has 0 unspecified atom stereocenters. The van der Waals surface area contributed by atoms with Crippen LogP contribution in [0, 0.1) is 0 Å². The van der Waals surface area contributed by atoms with Gasteiger partial charge in [-0.1, -0.05) is 6.07 Å². The molecular weight excluding hydrogens is 170 g/mol. The SMILES string of the molecule is O=C(c1cccs1)[C@@H]1CCCN1. The van der Waals surface area contributed by atoms with Gasteiger partial charge in [0.2, 0.25) is 0 Å². The summed E-state index contributed by atoms with van der Waals surface area (Å²) in [6, 6.07) is 3.91. The molecule has 1 fully saturated rings. The fourth-order valence-corrected chi connectivity index (χ4v) is 2.22. The molecular formula is C9H11NOS. The molecule has 3 heteroatoms. The minimum atomic E-state index is 0.0867. The number of rotatable bonds is 2. The van der Waals surface area contributed by atoms with Crippen molar-refractivity contribution in [2.24, 2.45) is 0 Å². The van der Waals surface area contributed by atoms with E-state index >= 15 is 0 Å². The lowest BCUT2D eigenvalue weighted by Gasteiger charge is -2.05. The van der Waals surface area contributed by atoms with Crippen molar-refractivity contribution >= 4 is 17.1 Å².